The summed E-state index contributed by atoms with van der Waals surface area (Å²) in [5.74, 6) is 0.248. The minimum absolute atomic E-state index is 0.0958. The van der Waals surface area contributed by atoms with E-state index >= 15 is 0 Å². The van der Waals surface area contributed by atoms with E-state index in [2.05, 4.69) is 13.8 Å². The zero-order chi connectivity index (χ0) is 20.9. The first-order chi connectivity index (χ1) is 14.2. The lowest BCUT2D eigenvalue weighted by Crippen LogP contribution is -2.34. The van der Waals surface area contributed by atoms with E-state index in [1.165, 1.54) is 81.9 Å². The van der Waals surface area contributed by atoms with E-state index in [4.69, 9.17) is 0 Å². The van der Waals surface area contributed by atoms with Gasteiger partial charge in [0, 0.05) is 6.54 Å². The van der Waals surface area contributed by atoms with Gasteiger partial charge >= 0.3 is 0 Å². The van der Waals surface area contributed by atoms with Gasteiger partial charge in [-0.1, -0.05) is 103 Å². The second-order valence-electron chi connectivity index (χ2n) is 8.75. The lowest BCUT2D eigenvalue weighted by atomic mass is 9.93. The minimum atomic E-state index is -0.0958. The number of unbranched alkanes of at least 4 members (excludes halogenated alkanes) is 10. The smallest absolute Gasteiger partial charge is 0.261 e. The zero-order valence-electron chi connectivity index (χ0n) is 18.8. The molecule has 1 aliphatic rings. The van der Waals surface area contributed by atoms with Crippen molar-refractivity contribution in [3.63, 3.8) is 0 Å². The van der Waals surface area contributed by atoms with Crippen LogP contribution in [0, 0.1) is 5.92 Å². The number of carbonyl (C=O) groups excluding carboxylic acids is 2. The molecule has 3 nitrogen and oxygen atoms in total. The van der Waals surface area contributed by atoms with Gasteiger partial charge in [-0.2, -0.15) is 0 Å². The van der Waals surface area contributed by atoms with Crippen molar-refractivity contribution in [2.45, 2.75) is 104 Å². The molecule has 0 saturated carbocycles. The van der Waals surface area contributed by atoms with E-state index in [0.29, 0.717) is 23.6 Å². The monoisotopic (exact) mass is 399 g/mol. The van der Waals surface area contributed by atoms with Gasteiger partial charge in [0.1, 0.15) is 0 Å². The summed E-state index contributed by atoms with van der Waals surface area (Å²) in [4.78, 5) is 27.0. The molecule has 0 radical (unpaired) electrons. The van der Waals surface area contributed by atoms with Crippen LogP contribution >= 0.6 is 0 Å². The Morgan fingerprint density at radius 1 is 0.655 bits per heavy atom. The van der Waals surface area contributed by atoms with Crippen molar-refractivity contribution < 1.29 is 9.59 Å². The summed E-state index contributed by atoms with van der Waals surface area (Å²) in [7, 11) is 0. The standard InChI is InChI=1S/C26H41NO2/c1-3-5-7-9-11-13-17-22(18-14-12-10-8-6-4-2)21-27-25(28)23-19-15-16-20-24(23)26(27)29/h15-16,19-20,22H,3-14,17-18,21H2,1-2H3. The molecule has 1 heterocycles. The first-order valence-corrected chi connectivity index (χ1v) is 12.1. The molecular weight excluding hydrogens is 358 g/mol. The average molecular weight is 400 g/mol. The Morgan fingerprint density at radius 3 is 1.52 bits per heavy atom. The predicted octanol–water partition coefficient (Wildman–Crippen LogP) is 7.40. The molecular formula is C26H41NO2. The predicted molar refractivity (Wildman–Crippen MR) is 121 cm³/mol. The average Bonchev–Trinajstić information content (AvgIpc) is 2.97. The third kappa shape index (κ3) is 7.60. The number of carbonyl (C=O) groups is 2. The number of benzene rings is 1. The molecule has 2 rings (SSSR count). The van der Waals surface area contributed by atoms with Gasteiger partial charge in [0.25, 0.3) is 11.8 Å². The van der Waals surface area contributed by atoms with Crippen molar-refractivity contribution in [3.05, 3.63) is 35.4 Å². The highest BCUT2D eigenvalue weighted by Crippen LogP contribution is 2.27. The quantitative estimate of drug-likeness (QED) is 0.214. The first kappa shape index (κ1) is 23.6. The van der Waals surface area contributed by atoms with Crippen LogP contribution in [-0.4, -0.2) is 23.3 Å². The van der Waals surface area contributed by atoms with Crippen molar-refractivity contribution in [2.24, 2.45) is 5.92 Å². The molecule has 0 aromatic heterocycles. The van der Waals surface area contributed by atoms with Gasteiger partial charge in [-0.3, -0.25) is 14.5 Å². The van der Waals surface area contributed by atoms with Crippen LogP contribution in [0.3, 0.4) is 0 Å². The van der Waals surface area contributed by atoms with Gasteiger partial charge in [-0.15, -0.1) is 0 Å². The van der Waals surface area contributed by atoms with Crippen LogP contribution in [0.2, 0.25) is 0 Å². The topological polar surface area (TPSA) is 37.4 Å². The van der Waals surface area contributed by atoms with Crippen LogP contribution in [0.5, 0.6) is 0 Å². The van der Waals surface area contributed by atoms with Gasteiger partial charge in [0.05, 0.1) is 11.1 Å². The Bertz CT molecular complexity index is 574. The fraction of sp³-hybridized carbons (Fsp3) is 0.692. The molecule has 0 fully saturated rings. The number of fused-ring (bicyclic) bond motifs is 1. The fourth-order valence-corrected chi connectivity index (χ4v) is 4.42. The molecule has 0 bridgehead atoms. The van der Waals surface area contributed by atoms with Crippen LogP contribution < -0.4 is 0 Å². The molecule has 3 heteroatoms. The highest BCUT2D eigenvalue weighted by molar-refractivity contribution is 6.21. The summed E-state index contributed by atoms with van der Waals surface area (Å²) >= 11 is 0. The van der Waals surface area contributed by atoms with Gasteiger partial charge in [0.15, 0.2) is 0 Å². The molecule has 0 saturated heterocycles. The maximum Gasteiger partial charge on any atom is 0.261 e. The van der Waals surface area contributed by atoms with Crippen LogP contribution in [0.15, 0.2) is 24.3 Å². The highest BCUT2D eigenvalue weighted by atomic mass is 16.2. The van der Waals surface area contributed by atoms with E-state index in [1.807, 2.05) is 12.1 Å². The van der Waals surface area contributed by atoms with E-state index in [0.717, 1.165) is 12.8 Å². The summed E-state index contributed by atoms with van der Waals surface area (Å²) in [5, 5.41) is 0. The molecule has 0 spiro atoms. The summed E-state index contributed by atoms with van der Waals surface area (Å²) in [6.45, 7) is 5.09. The maximum absolute atomic E-state index is 12.7. The summed E-state index contributed by atoms with van der Waals surface area (Å²) in [5.41, 5.74) is 1.16. The molecule has 0 unspecified atom stereocenters. The van der Waals surface area contributed by atoms with Gasteiger partial charge < -0.3 is 0 Å². The summed E-state index contributed by atoms with van der Waals surface area (Å²) in [6, 6.07) is 7.26. The SMILES string of the molecule is CCCCCCCCC(CCCCCCCC)CN1C(=O)c2ccccc2C1=O. The zero-order valence-corrected chi connectivity index (χ0v) is 18.8. The van der Waals surface area contributed by atoms with Crippen molar-refractivity contribution in [2.75, 3.05) is 6.54 Å². The summed E-state index contributed by atoms with van der Waals surface area (Å²) in [6.07, 6.45) is 17.7. The highest BCUT2D eigenvalue weighted by Gasteiger charge is 2.36. The van der Waals surface area contributed by atoms with E-state index in [1.54, 1.807) is 12.1 Å². The Kier molecular flexibility index (Phi) is 11.1. The lowest BCUT2D eigenvalue weighted by Gasteiger charge is -2.23. The van der Waals surface area contributed by atoms with Crippen LogP contribution in [0.1, 0.15) is 124 Å². The van der Waals surface area contributed by atoms with Crippen molar-refractivity contribution in [3.8, 4) is 0 Å². The first-order valence-electron chi connectivity index (χ1n) is 12.1. The van der Waals surface area contributed by atoms with Crippen LogP contribution in [0.25, 0.3) is 0 Å². The Balaban J connectivity index is 1.85. The van der Waals surface area contributed by atoms with E-state index in [9.17, 15) is 9.59 Å². The van der Waals surface area contributed by atoms with Crippen molar-refractivity contribution in [1.29, 1.82) is 0 Å². The van der Waals surface area contributed by atoms with Gasteiger partial charge in [0.2, 0.25) is 0 Å². The maximum atomic E-state index is 12.7. The third-order valence-electron chi connectivity index (χ3n) is 6.25. The number of imide groups is 1. The molecule has 0 N–H and O–H groups in total. The molecule has 0 aliphatic carbocycles. The number of rotatable bonds is 16. The van der Waals surface area contributed by atoms with Gasteiger partial charge in [-0.05, 0) is 30.9 Å². The van der Waals surface area contributed by atoms with Crippen LogP contribution in [-0.2, 0) is 0 Å². The molecule has 1 aromatic carbocycles. The van der Waals surface area contributed by atoms with Crippen molar-refractivity contribution >= 4 is 11.8 Å². The van der Waals surface area contributed by atoms with E-state index in [-0.39, 0.29) is 11.8 Å². The molecule has 2 amide bonds. The molecule has 162 valence electrons. The van der Waals surface area contributed by atoms with Gasteiger partial charge in [-0.25, -0.2) is 0 Å². The molecule has 1 aromatic rings. The molecule has 0 atom stereocenters. The van der Waals surface area contributed by atoms with E-state index < -0.39 is 0 Å². The largest absolute Gasteiger partial charge is 0.274 e. The third-order valence-corrected chi connectivity index (χ3v) is 6.25. The number of hydrogen-bond acceptors (Lipinski definition) is 2. The number of nitrogens with zero attached hydrogens (tertiary/aromatic N) is 1. The second-order valence-corrected chi connectivity index (χ2v) is 8.75. The Morgan fingerprint density at radius 2 is 1.07 bits per heavy atom. The van der Waals surface area contributed by atoms with Crippen LogP contribution in [0.4, 0.5) is 0 Å². The van der Waals surface area contributed by atoms with Crippen molar-refractivity contribution in [1.82, 2.24) is 4.90 Å². The number of hydrogen-bond donors (Lipinski definition) is 0. The second kappa shape index (κ2) is 13.6. The normalized spacial score (nSPS) is 13.6. The summed E-state index contributed by atoms with van der Waals surface area (Å²) < 4.78 is 0. The molecule has 29 heavy (non-hydrogen) atoms. The Hall–Kier alpha value is -1.64. The molecule has 1 aliphatic heterocycles. The number of amides is 2. The fourth-order valence-electron chi connectivity index (χ4n) is 4.42. The Labute approximate surface area is 178 Å². The minimum Gasteiger partial charge on any atom is -0.274 e. The lowest BCUT2D eigenvalue weighted by molar-refractivity contribution is 0.0621.